The summed E-state index contributed by atoms with van der Waals surface area (Å²) < 4.78 is 1.20. The van der Waals surface area contributed by atoms with E-state index in [0.717, 1.165) is 13.1 Å². The average molecular weight is 303 g/mol. The van der Waals surface area contributed by atoms with Crippen molar-refractivity contribution in [1.82, 2.24) is 4.90 Å². The maximum absolute atomic E-state index is 5.92. The summed E-state index contributed by atoms with van der Waals surface area (Å²) in [5.74, 6) is 0.624. The molecule has 1 saturated heterocycles. The molecule has 0 bridgehead atoms. The van der Waals surface area contributed by atoms with E-state index < -0.39 is 0 Å². The molecule has 0 saturated carbocycles. The molecular formula is C12H19BrN2S. The fourth-order valence-corrected chi connectivity index (χ4v) is 4.32. The smallest absolute Gasteiger partial charge is 0.0481 e. The Labute approximate surface area is 110 Å². The van der Waals surface area contributed by atoms with Gasteiger partial charge in [-0.15, -0.1) is 11.3 Å². The first kappa shape index (κ1) is 12.6. The van der Waals surface area contributed by atoms with Crippen LogP contribution in [0, 0.1) is 5.92 Å². The predicted octanol–water partition coefficient (Wildman–Crippen LogP) is 3.24. The molecule has 0 radical (unpaired) electrons. The van der Waals surface area contributed by atoms with Crippen molar-refractivity contribution in [3.05, 3.63) is 20.8 Å². The van der Waals surface area contributed by atoms with Crippen molar-refractivity contribution in [2.75, 3.05) is 19.6 Å². The SMILES string of the molecule is CCN1CCCC(CN)C1c1cc(Br)cs1. The number of hydrogen-bond acceptors (Lipinski definition) is 3. The number of thiophene rings is 1. The van der Waals surface area contributed by atoms with E-state index in [1.807, 2.05) is 11.3 Å². The molecule has 1 aromatic heterocycles. The van der Waals surface area contributed by atoms with E-state index in [4.69, 9.17) is 5.73 Å². The van der Waals surface area contributed by atoms with Crippen molar-refractivity contribution in [3.8, 4) is 0 Å². The summed E-state index contributed by atoms with van der Waals surface area (Å²) >= 11 is 5.39. The van der Waals surface area contributed by atoms with E-state index in [1.54, 1.807) is 0 Å². The third-order valence-electron chi connectivity index (χ3n) is 3.45. The fraction of sp³-hybridized carbons (Fsp3) is 0.667. The van der Waals surface area contributed by atoms with E-state index in [-0.39, 0.29) is 0 Å². The van der Waals surface area contributed by atoms with Crippen molar-refractivity contribution in [3.63, 3.8) is 0 Å². The number of hydrogen-bond donors (Lipinski definition) is 1. The van der Waals surface area contributed by atoms with Crippen LogP contribution in [0.25, 0.3) is 0 Å². The summed E-state index contributed by atoms with van der Waals surface area (Å²) in [4.78, 5) is 4.03. The maximum atomic E-state index is 5.92. The Morgan fingerprint density at radius 2 is 2.44 bits per heavy atom. The lowest BCUT2D eigenvalue weighted by Gasteiger charge is -2.40. The zero-order valence-electron chi connectivity index (χ0n) is 9.66. The zero-order valence-corrected chi connectivity index (χ0v) is 12.1. The van der Waals surface area contributed by atoms with Gasteiger partial charge in [-0.3, -0.25) is 4.90 Å². The fourth-order valence-electron chi connectivity index (χ4n) is 2.65. The number of halogens is 1. The van der Waals surface area contributed by atoms with Gasteiger partial charge in [0.05, 0.1) is 0 Å². The summed E-state index contributed by atoms with van der Waals surface area (Å²) in [5, 5.41) is 2.17. The van der Waals surface area contributed by atoms with Gasteiger partial charge in [0.2, 0.25) is 0 Å². The lowest BCUT2D eigenvalue weighted by molar-refractivity contribution is 0.105. The molecule has 2 atom stereocenters. The highest BCUT2D eigenvalue weighted by Crippen LogP contribution is 2.38. The minimum absolute atomic E-state index is 0.542. The van der Waals surface area contributed by atoms with Crippen LogP contribution in [-0.2, 0) is 0 Å². The molecule has 0 aliphatic carbocycles. The van der Waals surface area contributed by atoms with Crippen LogP contribution in [-0.4, -0.2) is 24.5 Å². The first-order chi connectivity index (χ1) is 7.76. The van der Waals surface area contributed by atoms with Gasteiger partial charge >= 0.3 is 0 Å². The van der Waals surface area contributed by atoms with Crippen LogP contribution in [0.4, 0.5) is 0 Å². The van der Waals surface area contributed by atoms with Crippen molar-refractivity contribution >= 4 is 27.3 Å². The molecule has 1 aromatic rings. The van der Waals surface area contributed by atoms with Gasteiger partial charge in [0.1, 0.15) is 0 Å². The number of likely N-dealkylation sites (tertiary alicyclic amines) is 1. The van der Waals surface area contributed by atoms with Crippen molar-refractivity contribution in [2.24, 2.45) is 11.7 Å². The van der Waals surface area contributed by atoms with Gasteiger partial charge in [-0.2, -0.15) is 0 Å². The quantitative estimate of drug-likeness (QED) is 0.929. The number of rotatable bonds is 3. The van der Waals surface area contributed by atoms with Gasteiger partial charge in [-0.25, -0.2) is 0 Å². The molecule has 0 aromatic carbocycles. The lowest BCUT2D eigenvalue weighted by Crippen LogP contribution is -2.41. The molecule has 2 unspecified atom stereocenters. The number of nitrogens with zero attached hydrogens (tertiary/aromatic N) is 1. The molecule has 2 N–H and O–H groups in total. The molecule has 0 amide bonds. The van der Waals surface area contributed by atoms with E-state index in [9.17, 15) is 0 Å². The van der Waals surface area contributed by atoms with Gasteiger partial charge in [-0.05, 0) is 60.4 Å². The molecule has 2 heterocycles. The first-order valence-corrected chi connectivity index (χ1v) is 7.61. The molecule has 4 heteroatoms. The Bertz CT molecular complexity index is 328. The number of piperidine rings is 1. The van der Waals surface area contributed by atoms with Crippen LogP contribution in [0.2, 0.25) is 0 Å². The molecule has 90 valence electrons. The molecule has 16 heavy (non-hydrogen) atoms. The summed E-state index contributed by atoms with van der Waals surface area (Å²) in [7, 11) is 0. The normalized spacial score (nSPS) is 27.2. The minimum atomic E-state index is 0.542. The Hall–Kier alpha value is 0.1000. The summed E-state index contributed by atoms with van der Waals surface area (Å²) in [5.41, 5.74) is 5.92. The predicted molar refractivity (Wildman–Crippen MR) is 73.8 cm³/mol. The highest BCUT2D eigenvalue weighted by Gasteiger charge is 2.31. The molecule has 1 aliphatic rings. The monoisotopic (exact) mass is 302 g/mol. The standard InChI is InChI=1S/C12H19BrN2S/c1-2-15-5-3-4-9(7-14)12(15)11-6-10(13)8-16-11/h6,8-9,12H,2-5,7,14H2,1H3. The van der Waals surface area contributed by atoms with Gasteiger partial charge < -0.3 is 5.73 Å². The molecule has 2 nitrogen and oxygen atoms in total. The Balaban J connectivity index is 2.24. The van der Waals surface area contributed by atoms with Gasteiger partial charge in [0.15, 0.2) is 0 Å². The second-order valence-corrected chi connectivity index (χ2v) is 6.24. The van der Waals surface area contributed by atoms with Crippen LogP contribution < -0.4 is 5.73 Å². The lowest BCUT2D eigenvalue weighted by atomic mass is 9.88. The Kier molecular flexibility index (Phi) is 4.41. The highest BCUT2D eigenvalue weighted by molar-refractivity contribution is 9.10. The van der Waals surface area contributed by atoms with Gasteiger partial charge in [-0.1, -0.05) is 6.92 Å². The first-order valence-electron chi connectivity index (χ1n) is 5.94. The Morgan fingerprint density at radius 1 is 1.62 bits per heavy atom. The summed E-state index contributed by atoms with van der Waals surface area (Å²) in [6.07, 6.45) is 2.56. The summed E-state index contributed by atoms with van der Waals surface area (Å²) in [6.45, 7) is 5.38. The second-order valence-electron chi connectivity index (χ2n) is 4.38. The second kappa shape index (κ2) is 5.63. The van der Waals surface area contributed by atoms with E-state index in [2.05, 4.69) is 39.2 Å². The average Bonchev–Trinajstić information content (AvgIpc) is 2.74. The third-order valence-corrected chi connectivity index (χ3v) is 5.21. The van der Waals surface area contributed by atoms with E-state index in [1.165, 1.54) is 28.7 Å². The molecule has 1 aliphatic heterocycles. The Morgan fingerprint density at radius 3 is 3.00 bits per heavy atom. The van der Waals surface area contributed by atoms with Crippen LogP contribution >= 0.6 is 27.3 Å². The van der Waals surface area contributed by atoms with Crippen molar-refractivity contribution in [1.29, 1.82) is 0 Å². The maximum Gasteiger partial charge on any atom is 0.0481 e. The van der Waals surface area contributed by atoms with Crippen LogP contribution in [0.1, 0.15) is 30.7 Å². The van der Waals surface area contributed by atoms with Crippen LogP contribution in [0.5, 0.6) is 0 Å². The molecule has 2 rings (SSSR count). The zero-order chi connectivity index (χ0) is 11.5. The van der Waals surface area contributed by atoms with Crippen molar-refractivity contribution < 1.29 is 0 Å². The topological polar surface area (TPSA) is 29.3 Å². The number of nitrogens with two attached hydrogens (primary N) is 1. The largest absolute Gasteiger partial charge is 0.330 e. The van der Waals surface area contributed by atoms with E-state index >= 15 is 0 Å². The minimum Gasteiger partial charge on any atom is -0.330 e. The van der Waals surface area contributed by atoms with Crippen LogP contribution in [0.3, 0.4) is 0 Å². The summed E-state index contributed by atoms with van der Waals surface area (Å²) in [6, 6.07) is 2.80. The molecule has 0 spiro atoms. The van der Waals surface area contributed by atoms with Gasteiger partial charge in [0.25, 0.3) is 0 Å². The van der Waals surface area contributed by atoms with Gasteiger partial charge in [0, 0.05) is 20.8 Å². The third kappa shape index (κ3) is 2.50. The van der Waals surface area contributed by atoms with Crippen LogP contribution in [0.15, 0.2) is 15.9 Å². The van der Waals surface area contributed by atoms with Crippen molar-refractivity contribution in [2.45, 2.75) is 25.8 Å². The highest BCUT2D eigenvalue weighted by atomic mass is 79.9. The molecule has 1 fully saturated rings. The van der Waals surface area contributed by atoms with E-state index in [0.29, 0.717) is 12.0 Å². The molecular weight excluding hydrogens is 284 g/mol.